The molecule has 1 saturated heterocycles. The van der Waals surface area contributed by atoms with E-state index in [2.05, 4.69) is 58.6 Å². The molecule has 1 aliphatic rings. The molecule has 1 aliphatic heterocycles. The monoisotopic (exact) mass is 314 g/mol. The van der Waals surface area contributed by atoms with Gasteiger partial charge in [0.2, 0.25) is 5.89 Å². The fraction of sp³-hybridized carbons (Fsp3) is 0.650. The molecule has 2 heterocycles. The third kappa shape index (κ3) is 3.45. The third-order valence-electron chi connectivity index (χ3n) is 4.77. The predicted molar refractivity (Wildman–Crippen MR) is 95.9 cm³/mol. The van der Waals surface area contributed by atoms with Crippen LogP contribution in [0.4, 0.5) is 0 Å². The fourth-order valence-corrected chi connectivity index (χ4v) is 3.27. The summed E-state index contributed by atoms with van der Waals surface area (Å²) in [6.45, 7) is 16.7. The number of aromatic nitrogens is 1. The first-order valence-corrected chi connectivity index (χ1v) is 8.81. The second-order valence-corrected chi connectivity index (χ2v) is 8.96. The molecule has 0 aliphatic carbocycles. The minimum atomic E-state index is 0.0456. The van der Waals surface area contributed by atoms with Crippen molar-refractivity contribution in [2.45, 2.75) is 71.8 Å². The lowest BCUT2D eigenvalue weighted by molar-refractivity contribution is 0.294. The number of fused-ring (bicyclic) bond motifs is 1. The van der Waals surface area contributed by atoms with E-state index in [1.54, 1.807) is 0 Å². The Kier molecular flexibility index (Phi) is 4.04. The maximum Gasteiger partial charge on any atom is 0.209 e. The van der Waals surface area contributed by atoms with Crippen LogP contribution in [0.15, 0.2) is 16.5 Å². The van der Waals surface area contributed by atoms with E-state index in [9.17, 15) is 0 Å². The van der Waals surface area contributed by atoms with Crippen LogP contribution in [0.25, 0.3) is 11.1 Å². The first kappa shape index (κ1) is 16.5. The highest BCUT2D eigenvalue weighted by molar-refractivity contribution is 5.79. The van der Waals surface area contributed by atoms with Gasteiger partial charge in [0, 0.05) is 5.56 Å². The van der Waals surface area contributed by atoms with Crippen LogP contribution in [0.1, 0.15) is 71.4 Å². The van der Waals surface area contributed by atoms with E-state index in [1.165, 1.54) is 24.0 Å². The van der Waals surface area contributed by atoms with Crippen LogP contribution in [0.2, 0.25) is 0 Å². The molecular formula is C20H30N2O. The summed E-state index contributed by atoms with van der Waals surface area (Å²) in [5, 5.41) is 0. The molecule has 3 rings (SSSR count). The van der Waals surface area contributed by atoms with Gasteiger partial charge >= 0.3 is 0 Å². The van der Waals surface area contributed by atoms with Gasteiger partial charge in [-0.15, -0.1) is 0 Å². The Morgan fingerprint density at radius 2 is 1.65 bits per heavy atom. The molecule has 2 aromatic rings. The molecule has 126 valence electrons. The lowest BCUT2D eigenvalue weighted by Crippen LogP contribution is -2.18. The van der Waals surface area contributed by atoms with Crippen molar-refractivity contribution in [3.05, 3.63) is 29.2 Å². The zero-order chi connectivity index (χ0) is 16.8. The van der Waals surface area contributed by atoms with Crippen molar-refractivity contribution >= 4 is 11.1 Å². The molecule has 0 spiro atoms. The van der Waals surface area contributed by atoms with Crippen LogP contribution in [-0.2, 0) is 17.4 Å². The van der Waals surface area contributed by atoms with Crippen molar-refractivity contribution in [1.82, 2.24) is 9.88 Å². The molecule has 1 aromatic carbocycles. The molecule has 23 heavy (non-hydrogen) atoms. The highest BCUT2D eigenvalue weighted by Gasteiger charge is 2.25. The summed E-state index contributed by atoms with van der Waals surface area (Å²) in [6, 6.07) is 4.52. The number of oxazole rings is 1. The summed E-state index contributed by atoms with van der Waals surface area (Å²) in [4.78, 5) is 7.25. The zero-order valence-corrected chi connectivity index (χ0v) is 15.5. The van der Waals surface area contributed by atoms with Crippen LogP contribution in [0, 0.1) is 0 Å². The molecule has 1 aromatic heterocycles. The van der Waals surface area contributed by atoms with E-state index in [0.29, 0.717) is 0 Å². The largest absolute Gasteiger partial charge is 0.439 e. The minimum absolute atomic E-state index is 0.0456. The Balaban J connectivity index is 2.08. The van der Waals surface area contributed by atoms with Crippen LogP contribution in [0.3, 0.4) is 0 Å². The van der Waals surface area contributed by atoms with E-state index in [1.807, 2.05) is 0 Å². The molecule has 0 radical (unpaired) electrons. The zero-order valence-electron chi connectivity index (χ0n) is 15.5. The first-order chi connectivity index (χ1) is 10.6. The Labute approximate surface area is 140 Å². The number of nitrogens with zero attached hydrogens (tertiary/aromatic N) is 2. The van der Waals surface area contributed by atoms with Gasteiger partial charge in [0.05, 0.1) is 6.54 Å². The summed E-state index contributed by atoms with van der Waals surface area (Å²) in [7, 11) is 0. The van der Waals surface area contributed by atoms with Crippen molar-refractivity contribution in [1.29, 1.82) is 0 Å². The Morgan fingerprint density at radius 1 is 1.00 bits per heavy atom. The van der Waals surface area contributed by atoms with Crippen LogP contribution < -0.4 is 0 Å². The standard InChI is InChI=1S/C20H30N2O/c1-19(2,3)14-11-15(20(4,5)6)18-16(12-14)21-17(23-18)13-22-9-7-8-10-22/h11-12H,7-10,13H2,1-6H3. The quantitative estimate of drug-likeness (QED) is 0.779. The smallest absolute Gasteiger partial charge is 0.209 e. The Bertz CT molecular complexity index is 695. The second kappa shape index (κ2) is 5.62. The van der Waals surface area contributed by atoms with Gasteiger partial charge in [0.1, 0.15) is 5.52 Å². The van der Waals surface area contributed by atoms with E-state index < -0.39 is 0 Å². The summed E-state index contributed by atoms with van der Waals surface area (Å²) >= 11 is 0. The van der Waals surface area contributed by atoms with Gasteiger partial charge in [-0.25, -0.2) is 4.98 Å². The van der Waals surface area contributed by atoms with Crippen molar-refractivity contribution in [2.24, 2.45) is 0 Å². The maximum absolute atomic E-state index is 6.20. The number of rotatable bonds is 2. The maximum atomic E-state index is 6.20. The van der Waals surface area contributed by atoms with Crippen molar-refractivity contribution in [3.63, 3.8) is 0 Å². The van der Waals surface area contributed by atoms with Crippen molar-refractivity contribution < 1.29 is 4.42 Å². The van der Waals surface area contributed by atoms with Gasteiger partial charge in [-0.3, -0.25) is 4.90 Å². The molecule has 0 bridgehead atoms. The van der Waals surface area contributed by atoms with Gasteiger partial charge in [-0.1, -0.05) is 47.6 Å². The third-order valence-corrected chi connectivity index (χ3v) is 4.77. The van der Waals surface area contributed by atoms with Gasteiger partial charge in [-0.2, -0.15) is 0 Å². The fourth-order valence-electron chi connectivity index (χ4n) is 3.27. The normalized spacial score (nSPS) is 17.3. The molecule has 0 amide bonds. The Morgan fingerprint density at radius 3 is 2.22 bits per heavy atom. The number of hydrogen-bond donors (Lipinski definition) is 0. The lowest BCUT2D eigenvalue weighted by atomic mass is 9.80. The average Bonchev–Trinajstić information content (AvgIpc) is 3.03. The summed E-state index contributed by atoms with van der Waals surface area (Å²) in [5.74, 6) is 0.860. The number of hydrogen-bond acceptors (Lipinski definition) is 3. The SMILES string of the molecule is CC(C)(C)c1cc(C(C)(C)C)c2oc(CN3CCCC3)nc2c1. The van der Waals surface area contributed by atoms with Gasteiger partial charge in [-0.05, 0) is 48.4 Å². The predicted octanol–water partition coefficient (Wildman–Crippen LogP) is 5.02. The molecule has 3 heteroatoms. The minimum Gasteiger partial charge on any atom is -0.439 e. The van der Waals surface area contributed by atoms with Crippen LogP contribution >= 0.6 is 0 Å². The van der Waals surface area contributed by atoms with Crippen molar-refractivity contribution in [3.8, 4) is 0 Å². The molecule has 0 saturated carbocycles. The highest BCUT2D eigenvalue weighted by Crippen LogP contribution is 2.35. The topological polar surface area (TPSA) is 29.3 Å². The van der Waals surface area contributed by atoms with Gasteiger partial charge in [0.25, 0.3) is 0 Å². The van der Waals surface area contributed by atoms with Gasteiger partial charge < -0.3 is 4.42 Å². The molecule has 0 N–H and O–H groups in total. The summed E-state index contributed by atoms with van der Waals surface area (Å²) in [6.07, 6.45) is 2.59. The summed E-state index contributed by atoms with van der Waals surface area (Å²) in [5.41, 5.74) is 4.74. The first-order valence-electron chi connectivity index (χ1n) is 8.81. The van der Waals surface area contributed by atoms with Gasteiger partial charge in [0.15, 0.2) is 5.58 Å². The number of likely N-dealkylation sites (tertiary alicyclic amines) is 1. The lowest BCUT2D eigenvalue weighted by Gasteiger charge is -2.24. The number of benzene rings is 1. The Hall–Kier alpha value is -1.35. The van der Waals surface area contributed by atoms with E-state index in [-0.39, 0.29) is 10.8 Å². The van der Waals surface area contributed by atoms with E-state index >= 15 is 0 Å². The molecule has 0 unspecified atom stereocenters. The molecule has 0 atom stereocenters. The summed E-state index contributed by atoms with van der Waals surface area (Å²) < 4.78 is 6.20. The van der Waals surface area contributed by atoms with Crippen LogP contribution in [0.5, 0.6) is 0 Å². The molecule has 1 fully saturated rings. The molecule has 3 nitrogen and oxygen atoms in total. The van der Waals surface area contributed by atoms with E-state index in [4.69, 9.17) is 9.40 Å². The molecular weight excluding hydrogens is 284 g/mol. The van der Waals surface area contributed by atoms with Crippen LogP contribution in [-0.4, -0.2) is 23.0 Å². The second-order valence-electron chi connectivity index (χ2n) is 8.96. The van der Waals surface area contributed by atoms with E-state index in [0.717, 1.165) is 36.6 Å². The average molecular weight is 314 g/mol. The highest BCUT2D eigenvalue weighted by atomic mass is 16.3. The van der Waals surface area contributed by atoms with Crippen molar-refractivity contribution in [2.75, 3.05) is 13.1 Å².